The Hall–Kier alpha value is -1.38. The van der Waals surface area contributed by atoms with E-state index in [9.17, 15) is 10.2 Å². The highest BCUT2D eigenvalue weighted by molar-refractivity contribution is 5.54. The number of benzene rings is 1. The highest BCUT2D eigenvalue weighted by Gasteiger charge is 2.13. The molecule has 1 rings (SSSR count). The summed E-state index contributed by atoms with van der Waals surface area (Å²) < 4.78 is 5.57. The summed E-state index contributed by atoms with van der Waals surface area (Å²) >= 11 is 0. The number of aryl methyl sites for hydroxylation is 1. The second kappa shape index (κ2) is 8.68. The lowest BCUT2D eigenvalue weighted by atomic mass is 10.0. The van der Waals surface area contributed by atoms with Crippen LogP contribution in [0.15, 0.2) is 12.1 Å². The first kappa shape index (κ1) is 15.7. The summed E-state index contributed by atoms with van der Waals surface area (Å²) in [5, 5.41) is 19.4. The van der Waals surface area contributed by atoms with Gasteiger partial charge in [0.2, 0.25) is 5.75 Å². The summed E-state index contributed by atoms with van der Waals surface area (Å²) in [6.07, 6.45) is 7.83. The third-order valence-electron chi connectivity index (χ3n) is 3.19. The lowest BCUT2D eigenvalue weighted by Crippen LogP contribution is -2.00. The summed E-state index contributed by atoms with van der Waals surface area (Å²) in [6.45, 7) is 4.78. The van der Waals surface area contributed by atoms with Gasteiger partial charge in [0.25, 0.3) is 0 Å². The Morgan fingerprint density at radius 1 is 0.947 bits per heavy atom. The predicted octanol–water partition coefficient (Wildman–Crippen LogP) is 4.40. The van der Waals surface area contributed by atoms with E-state index >= 15 is 0 Å². The average Bonchev–Trinajstić information content (AvgIpc) is 2.41. The summed E-state index contributed by atoms with van der Waals surface area (Å²) in [5.74, 6) is 0.220. The fourth-order valence-electron chi connectivity index (χ4n) is 2.08. The first-order valence-corrected chi connectivity index (χ1v) is 7.37. The SMILES string of the molecule is CCCCCCCc1ccc(O)c(O)c1OCCC. The van der Waals surface area contributed by atoms with E-state index in [2.05, 4.69) is 6.92 Å². The number of ether oxygens (including phenoxy) is 1. The van der Waals surface area contributed by atoms with Gasteiger partial charge in [-0.15, -0.1) is 0 Å². The molecule has 1 aromatic carbocycles. The van der Waals surface area contributed by atoms with Crippen LogP contribution in [-0.4, -0.2) is 16.8 Å². The molecule has 2 N–H and O–H groups in total. The van der Waals surface area contributed by atoms with Gasteiger partial charge in [0.15, 0.2) is 11.5 Å². The van der Waals surface area contributed by atoms with Gasteiger partial charge in [0, 0.05) is 0 Å². The number of hydrogen-bond donors (Lipinski definition) is 2. The smallest absolute Gasteiger partial charge is 0.200 e. The molecule has 0 saturated heterocycles. The Balaban J connectivity index is 2.62. The van der Waals surface area contributed by atoms with Crippen LogP contribution < -0.4 is 4.74 Å². The molecular formula is C16H26O3. The molecule has 0 amide bonds. The van der Waals surface area contributed by atoms with Crippen molar-refractivity contribution in [3.8, 4) is 17.2 Å². The van der Waals surface area contributed by atoms with Crippen molar-refractivity contribution in [2.24, 2.45) is 0 Å². The number of unbranched alkanes of at least 4 members (excludes halogenated alkanes) is 4. The van der Waals surface area contributed by atoms with E-state index < -0.39 is 0 Å². The van der Waals surface area contributed by atoms with Gasteiger partial charge in [0.1, 0.15) is 0 Å². The summed E-state index contributed by atoms with van der Waals surface area (Å²) in [6, 6.07) is 3.38. The zero-order valence-corrected chi connectivity index (χ0v) is 12.1. The van der Waals surface area contributed by atoms with Crippen molar-refractivity contribution in [1.29, 1.82) is 0 Å². The average molecular weight is 266 g/mol. The van der Waals surface area contributed by atoms with E-state index in [0.717, 1.165) is 24.8 Å². The molecule has 0 atom stereocenters. The third-order valence-corrected chi connectivity index (χ3v) is 3.19. The molecule has 0 spiro atoms. The molecule has 0 aromatic heterocycles. The number of hydrogen-bond acceptors (Lipinski definition) is 3. The third kappa shape index (κ3) is 5.01. The Kier molecular flexibility index (Phi) is 7.16. The van der Waals surface area contributed by atoms with Crippen LogP contribution in [-0.2, 0) is 6.42 Å². The van der Waals surface area contributed by atoms with Gasteiger partial charge < -0.3 is 14.9 Å². The van der Waals surface area contributed by atoms with Gasteiger partial charge in [-0.2, -0.15) is 0 Å². The molecule has 0 aliphatic rings. The van der Waals surface area contributed by atoms with Gasteiger partial charge in [-0.05, 0) is 30.9 Å². The molecule has 0 aliphatic heterocycles. The standard InChI is InChI=1S/C16H26O3/c1-3-5-6-7-8-9-13-10-11-14(17)15(18)16(13)19-12-4-2/h10-11,17-18H,3-9,12H2,1-2H3. The van der Waals surface area contributed by atoms with Crippen LogP contribution in [0.2, 0.25) is 0 Å². The molecule has 0 saturated carbocycles. The zero-order chi connectivity index (χ0) is 14.1. The van der Waals surface area contributed by atoms with Crippen LogP contribution in [0, 0.1) is 0 Å². The van der Waals surface area contributed by atoms with E-state index in [1.807, 2.05) is 13.0 Å². The molecule has 0 unspecified atom stereocenters. The Bertz CT molecular complexity index is 375. The topological polar surface area (TPSA) is 49.7 Å². The van der Waals surface area contributed by atoms with Gasteiger partial charge in [-0.25, -0.2) is 0 Å². The highest BCUT2D eigenvalue weighted by atomic mass is 16.5. The van der Waals surface area contributed by atoms with Crippen LogP contribution in [0.5, 0.6) is 17.2 Å². The summed E-state index contributed by atoms with van der Waals surface area (Å²) in [5.41, 5.74) is 0.986. The first-order chi connectivity index (χ1) is 9.20. The van der Waals surface area contributed by atoms with Crippen LogP contribution >= 0.6 is 0 Å². The molecular weight excluding hydrogens is 240 g/mol. The largest absolute Gasteiger partial charge is 0.504 e. The fourth-order valence-corrected chi connectivity index (χ4v) is 2.08. The summed E-state index contributed by atoms with van der Waals surface area (Å²) in [7, 11) is 0. The van der Waals surface area contributed by atoms with Crippen molar-refractivity contribution < 1.29 is 14.9 Å². The number of phenolic OH excluding ortho intramolecular Hbond substituents is 2. The minimum atomic E-state index is -0.125. The molecule has 0 radical (unpaired) electrons. The van der Waals surface area contributed by atoms with E-state index in [0.29, 0.717) is 12.4 Å². The number of aromatic hydroxyl groups is 2. The lowest BCUT2D eigenvalue weighted by molar-refractivity contribution is 0.289. The predicted molar refractivity (Wildman–Crippen MR) is 78.0 cm³/mol. The van der Waals surface area contributed by atoms with Crippen LogP contribution in [0.4, 0.5) is 0 Å². The highest BCUT2D eigenvalue weighted by Crippen LogP contribution is 2.39. The molecule has 0 fully saturated rings. The minimum absolute atomic E-state index is 0.110. The molecule has 0 aliphatic carbocycles. The normalized spacial score (nSPS) is 10.6. The van der Waals surface area contributed by atoms with Crippen molar-refractivity contribution in [3.63, 3.8) is 0 Å². The van der Waals surface area contributed by atoms with Crippen molar-refractivity contribution >= 4 is 0 Å². The maximum Gasteiger partial charge on any atom is 0.200 e. The Labute approximate surface area is 116 Å². The van der Waals surface area contributed by atoms with Gasteiger partial charge in [0.05, 0.1) is 6.61 Å². The van der Waals surface area contributed by atoms with E-state index in [4.69, 9.17) is 4.74 Å². The van der Waals surface area contributed by atoms with Crippen molar-refractivity contribution in [2.75, 3.05) is 6.61 Å². The second-order valence-electron chi connectivity index (χ2n) is 4.93. The minimum Gasteiger partial charge on any atom is -0.504 e. The monoisotopic (exact) mass is 266 g/mol. The molecule has 0 heterocycles. The van der Waals surface area contributed by atoms with Crippen LogP contribution in [0.1, 0.15) is 57.9 Å². The van der Waals surface area contributed by atoms with Crippen LogP contribution in [0.3, 0.4) is 0 Å². The molecule has 3 nitrogen and oxygen atoms in total. The fraction of sp³-hybridized carbons (Fsp3) is 0.625. The molecule has 1 aromatic rings. The van der Waals surface area contributed by atoms with Crippen molar-refractivity contribution in [2.45, 2.75) is 58.8 Å². The second-order valence-corrected chi connectivity index (χ2v) is 4.93. The van der Waals surface area contributed by atoms with E-state index in [1.54, 1.807) is 0 Å². The van der Waals surface area contributed by atoms with Gasteiger partial charge in [-0.3, -0.25) is 0 Å². The first-order valence-electron chi connectivity index (χ1n) is 7.37. The van der Waals surface area contributed by atoms with Crippen molar-refractivity contribution in [1.82, 2.24) is 0 Å². The molecule has 3 heteroatoms. The number of rotatable bonds is 9. The van der Waals surface area contributed by atoms with Crippen LogP contribution in [0.25, 0.3) is 0 Å². The number of phenols is 2. The Morgan fingerprint density at radius 3 is 2.37 bits per heavy atom. The van der Waals surface area contributed by atoms with Crippen molar-refractivity contribution in [3.05, 3.63) is 17.7 Å². The lowest BCUT2D eigenvalue weighted by Gasteiger charge is -2.13. The van der Waals surface area contributed by atoms with Gasteiger partial charge >= 0.3 is 0 Å². The zero-order valence-electron chi connectivity index (χ0n) is 12.1. The molecule has 0 bridgehead atoms. The van der Waals surface area contributed by atoms with Gasteiger partial charge in [-0.1, -0.05) is 45.6 Å². The Morgan fingerprint density at radius 2 is 1.68 bits per heavy atom. The quantitative estimate of drug-likeness (QED) is 0.514. The molecule has 19 heavy (non-hydrogen) atoms. The van der Waals surface area contributed by atoms with E-state index in [1.165, 1.54) is 31.7 Å². The van der Waals surface area contributed by atoms with E-state index in [-0.39, 0.29) is 11.5 Å². The maximum atomic E-state index is 9.87. The maximum absolute atomic E-state index is 9.87. The molecule has 108 valence electrons. The summed E-state index contributed by atoms with van der Waals surface area (Å²) in [4.78, 5) is 0.